The van der Waals surface area contributed by atoms with Crippen molar-refractivity contribution in [3.8, 4) is 0 Å². The molecule has 0 aliphatic carbocycles. The first-order chi connectivity index (χ1) is 5.70. The van der Waals surface area contributed by atoms with Crippen LogP contribution in [0.5, 0.6) is 0 Å². The van der Waals surface area contributed by atoms with Crippen LogP contribution >= 0.6 is 23.4 Å². The Kier molecular flexibility index (Phi) is 3.92. The second-order valence-electron chi connectivity index (χ2n) is 2.72. The number of benzene rings is 1. The normalized spacial score (nSPS) is 12.9. The summed E-state index contributed by atoms with van der Waals surface area (Å²) in [6.07, 6.45) is 0. The summed E-state index contributed by atoms with van der Waals surface area (Å²) in [4.78, 5) is 1.11. The highest BCUT2D eigenvalue weighted by Crippen LogP contribution is 2.26. The maximum Gasteiger partial charge on any atom is 0.0541 e. The topological polar surface area (TPSA) is 26.0 Å². The fourth-order valence-electron chi connectivity index (χ4n) is 0.783. The number of halogens is 1. The second kappa shape index (κ2) is 4.75. The Labute approximate surface area is 82.3 Å². The summed E-state index contributed by atoms with van der Waals surface area (Å²) in [5.41, 5.74) is 5.63. The van der Waals surface area contributed by atoms with Gasteiger partial charge in [0.05, 0.1) is 5.02 Å². The molecule has 1 nitrogen and oxygen atoms in total. The molecule has 3 heteroatoms. The molecule has 1 aromatic carbocycles. The minimum absolute atomic E-state index is 0.214. The highest BCUT2D eigenvalue weighted by Gasteiger charge is 2.00. The molecule has 1 atom stereocenters. The van der Waals surface area contributed by atoms with Gasteiger partial charge in [-0.3, -0.25) is 0 Å². The molecule has 1 unspecified atom stereocenters. The number of thioether (sulfide) groups is 1. The van der Waals surface area contributed by atoms with Crippen LogP contribution in [0.2, 0.25) is 5.02 Å². The smallest absolute Gasteiger partial charge is 0.0541 e. The van der Waals surface area contributed by atoms with Crippen LogP contribution in [0.15, 0.2) is 29.2 Å². The predicted octanol–water partition coefficient (Wildman–Crippen LogP) is 2.78. The van der Waals surface area contributed by atoms with Gasteiger partial charge in [-0.25, -0.2) is 0 Å². The van der Waals surface area contributed by atoms with Crippen molar-refractivity contribution < 1.29 is 0 Å². The number of hydrogen-bond donors (Lipinski definition) is 1. The van der Waals surface area contributed by atoms with E-state index in [1.165, 1.54) is 0 Å². The molecule has 1 aromatic rings. The van der Waals surface area contributed by atoms with Crippen molar-refractivity contribution in [3.63, 3.8) is 0 Å². The van der Waals surface area contributed by atoms with E-state index in [0.717, 1.165) is 15.7 Å². The summed E-state index contributed by atoms with van der Waals surface area (Å²) in [5.74, 6) is 0.906. The molecule has 0 radical (unpaired) electrons. The highest BCUT2D eigenvalue weighted by atomic mass is 35.5. The molecule has 1 rings (SSSR count). The lowest BCUT2D eigenvalue weighted by molar-refractivity contribution is 0.847. The van der Waals surface area contributed by atoms with Gasteiger partial charge in [-0.15, -0.1) is 11.8 Å². The zero-order valence-electron chi connectivity index (χ0n) is 6.96. The quantitative estimate of drug-likeness (QED) is 0.762. The molecule has 0 saturated heterocycles. The molecule has 12 heavy (non-hydrogen) atoms. The minimum atomic E-state index is 0.214. The maximum absolute atomic E-state index is 5.95. The summed E-state index contributed by atoms with van der Waals surface area (Å²) in [5, 5.41) is 0.808. The van der Waals surface area contributed by atoms with Gasteiger partial charge in [0.15, 0.2) is 0 Å². The van der Waals surface area contributed by atoms with Crippen LogP contribution < -0.4 is 5.73 Å². The molecule has 0 fully saturated rings. The Morgan fingerprint density at radius 2 is 2.17 bits per heavy atom. The van der Waals surface area contributed by atoms with Gasteiger partial charge in [-0.1, -0.05) is 23.7 Å². The monoisotopic (exact) mass is 201 g/mol. The third kappa shape index (κ3) is 3.05. The first kappa shape index (κ1) is 9.90. The summed E-state index contributed by atoms with van der Waals surface area (Å²) in [7, 11) is 0. The van der Waals surface area contributed by atoms with Crippen molar-refractivity contribution in [2.45, 2.75) is 17.9 Å². The van der Waals surface area contributed by atoms with Gasteiger partial charge in [-0.05, 0) is 19.1 Å². The van der Waals surface area contributed by atoms with Crippen molar-refractivity contribution in [1.29, 1.82) is 0 Å². The van der Waals surface area contributed by atoms with Crippen molar-refractivity contribution >= 4 is 23.4 Å². The van der Waals surface area contributed by atoms with E-state index in [9.17, 15) is 0 Å². The van der Waals surface area contributed by atoms with Crippen LogP contribution in [0, 0.1) is 0 Å². The molecule has 0 aliphatic rings. The van der Waals surface area contributed by atoms with Gasteiger partial charge in [0.2, 0.25) is 0 Å². The van der Waals surface area contributed by atoms with Crippen molar-refractivity contribution in [2.75, 3.05) is 5.75 Å². The zero-order valence-corrected chi connectivity index (χ0v) is 8.53. The van der Waals surface area contributed by atoms with E-state index < -0.39 is 0 Å². The Balaban J connectivity index is 2.57. The van der Waals surface area contributed by atoms with Gasteiger partial charge < -0.3 is 5.73 Å². The van der Waals surface area contributed by atoms with E-state index in [-0.39, 0.29) is 6.04 Å². The standard InChI is InChI=1S/C9H12ClNS/c1-7(11)6-12-9-5-3-2-4-8(9)10/h2-5,7H,6,11H2,1H3. The van der Waals surface area contributed by atoms with Crippen LogP contribution in [0.3, 0.4) is 0 Å². The summed E-state index contributed by atoms with van der Waals surface area (Å²) in [6, 6.07) is 8.03. The summed E-state index contributed by atoms with van der Waals surface area (Å²) >= 11 is 7.64. The first-order valence-corrected chi connectivity index (χ1v) is 5.19. The Hall–Kier alpha value is -0.180. The van der Waals surface area contributed by atoms with Crippen LogP contribution in [-0.2, 0) is 0 Å². The second-order valence-corrected chi connectivity index (χ2v) is 4.19. The Morgan fingerprint density at radius 1 is 1.50 bits per heavy atom. The molecule has 2 N–H and O–H groups in total. The Bertz CT molecular complexity index is 250. The summed E-state index contributed by atoms with van der Waals surface area (Å²) in [6.45, 7) is 1.99. The van der Waals surface area contributed by atoms with Crippen molar-refractivity contribution in [1.82, 2.24) is 0 Å². The molecule has 0 heterocycles. The zero-order chi connectivity index (χ0) is 8.97. The molecular formula is C9H12ClNS. The Morgan fingerprint density at radius 3 is 2.75 bits per heavy atom. The fourth-order valence-corrected chi connectivity index (χ4v) is 1.91. The molecular weight excluding hydrogens is 190 g/mol. The van der Waals surface area contributed by atoms with Gasteiger partial charge in [0.25, 0.3) is 0 Å². The largest absolute Gasteiger partial charge is 0.327 e. The maximum atomic E-state index is 5.95. The van der Waals surface area contributed by atoms with E-state index in [1.807, 2.05) is 31.2 Å². The summed E-state index contributed by atoms with van der Waals surface area (Å²) < 4.78 is 0. The van der Waals surface area contributed by atoms with E-state index in [0.29, 0.717) is 0 Å². The van der Waals surface area contributed by atoms with Crippen LogP contribution in [0.4, 0.5) is 0 Å². The molecule has 66 valence electrons. The molecule has 0 bridgehead atoms. The average Bonchev–Trinajstić information content (AvgIpc) is 2.03. The SMILES string of the molecule is CC(N)CSc1ccccc1Cl. The van der Waals surface area contributed by atoms with E-state index in [4.69, 9.17) is 17.3 Å². The highest BCUT2D eigenvalue weighted by molar-refractivity contribution is 7.99. The van der Waals surface area contributed by atoms with Crippen LogP contribution in [0.1, 0.15) is 6.92 Å². The molecule has 0 aliphatic heterocycles. The number of hydrogen-bond acceptors (Lipinski definition) is 2. The third-order valence-corrected chi connectivity index (χ3v) is 3.14. The average molecular weight is 202 g/mol. The predicted molar refractivity (Wildman–Crippen MR) is 55.8 cm³/mol. The van der Waals surface area contributed by atoms with E-state index >= 15 is 0 Å². The minimum Gasteiger partial charge on any atom is -0.327 e. The lowest BCUT2D eigenvalue weighted by atomic mass is 10.4. The van der Waals surface area contributed by atoms with Crippen LogP contribution in [0.25, 0.3) is 0 Å². The van der Waals surface area contributed by atoms with Gasteiger partial charge in [0.1, 0.15) is 0 Å². The molecule has 0 saturated carbocycles. The lowest BCUT2D eigenvalue weighted by Crippen LogP contribution is -2.17. The van der Waals surface area contributed by atoms with Gasteiger partial charge in [0, 0.05) is 16.7 Å². The van der Waals surface area contributed by atoms with E-state index in [2.05, 4.69) is 0 Å². The van der Waals surface area contributed by atoms with Crippen LogP contribution in [-0.4, -0.2) is 11.8 Å². The molecule has 0 amide bonds. The van der Waals surface area contributed by atoms with Crippen molar-refractivity contribution in [3.05, 3.63) is 29.3 Å². The van der Waals surface area contributed by atoms with Gasteiger partial charge in [-0.2, -0.15) is 0 Å². The molecule has 0 spiro atoms. The van der Waals surface area contributed by atoms with Crippen molar-refractivity contribution in [2.24, 2.45) is 5.73 Å². The number of nitrogens with two attached hydrogens (primary N) is 1. The first-order valence-electron chi connectivity index (χ1n) is 3.83. The third-order valence-electron chi connectivity index (χ3n) is 1.34. The van der Waals surface area contributed by atoms with Gasteiger partial charge >= 0.3 is 0 Å². The van der Waals surface area contributed by atoms with E-state index in [1.54, 1.807) is 11.8 Å². The lowest BCUT2D eigenvalue weighted by Gasteiger charge is -2.05. The number of rotatable bonds is 3. The fraction of sp³-hybridized carbons (Fsp3) is 0.333. The molecule has 0 aromatic heterocycles.